The molecule has 8 heteroatoms. The summed E-state index contributed by atoms with van der Waals surface area (Å²) in [7, 11) is -4.02. The van der Waals surface area contributed by atoms with E-state index in [1.54, 1.807) is 0 Å². The number of rotatable bonds is 3. The summed E-state index contributed by atoms with van der Waals surface area (Å²) in [5.74, 6) is -1.06. The van der Waals surface area contributed by atoms with E-state index in [2.05, 4.69) is 15.9 Å². The highest BCUT2D eigenvalue weighted by Crippen LogP contribution is 2.29. The van der Waals surface area contributed by atoms with Crippen molar-refractivity contribution in [3.05, 3.63) is 29.3 Å². The third-order valence-electron chi connectivity index (χ3n) is 1.88. The van der Waals surface area contributed by atoms with Gasteiger partial charge in [0.25, 0.3) is 0 Å². The maximum absolute atomic E-state index is 12.2. The van der Waals surface area contributed by atoms with Crippen LogP contribution in [0.2, 0.25) is 5.02 Å². The van der Waals surface area contributed by atoms with Crippen LogP contribution in [0.4, 0.5) is 13.2 Å². The molecule has 96 valence electrons. The average molecular weight is 352 g/mol. The van der Waals surface area contributed by atoms with Gasteiger partial charge < -0.3 is 0 Å². The Kier molecular flexibility index (Phi) is 4.49. The van der Waals surface area contributed by atoms with E-state index < -0.39 is 26.6 Å². The van der Waals surface area contributed by atoms with E-state index in [1.165, 1.54) is 18.2 Å². The molecule has 0 spiro atoms. The number of hydrogen-bond acceptors (Lipinski definition) is 2. The second-order valence-electron chi connectivity index (χ2n) is 3.25. The molecule has 1 unspecified atom stereocenters. The first-order valence-corrected chi connectivity index (χ1v) is 7.26. The van der Waals surface area contributed by atoms with Gasteiger partial charge in [-0.1, -0.05) is 33.6 Å². The first kappa shape index (κ1) is 14.8. The molecule has 1 aromatic carbocycles. The van der Waals surface area contributed by atoms with E-state index in [9.17, 15) is 21.6 Å². The lowest BCUT2D eigenvalue weighted by atomic mass is 10.4. The van der Waals surface area contributed by atoms with E-state index in [1.807, 2.05) is 0 Å². The van der Waals surface area contributed by atoms with Gasteiger partial charge in [0.15, 0.2) is 9.84 Å². The summed E-state index contributed by atoms with van der Waals surface area (Å²) < 4.78 is 60.0. The highest BCUT2D eigenvalue weighted by Gasteiger charge is 2.40. The molecule has 0 heterocycles. The van der Waals surface area contributed by atoms with Crippen LogP contribution in [-0.4, -0.2) is 25.2 Å². The Balaban J connectivity index is 2.98. The molecule has 0 saturated carbocycles. The van der Waals surface area contributed by atoms with Crippen molar-refractivity contribution in [2.24, 2.45) is 0 Å². The molecule has 1 atom stereocenters. The van der Waals surface area contributed by atoms with Gasteiger partial charge in [-0.2, -0.15) is 13.2 Å². The fraction of sp³-hybridized carbons (Fsp3) is 0.333. The maximum Gasteiger partial charge on any atom is 0.402 e. The normalized spacial score (nSPS) is 14.6. The molecule has 0 aromatic heterocycles. The van der Waals surface area contributed by atoms with Crippen molar-refractivity contribution in [2.75, 3.05) is 5.75 Å². The SMILES string of the molecule is O=S(=O)(CC(Br)C(F)(F)F)c1cccc(Cl)c1. The largest absolute Gasteiger partial charge is 0.402 e. The molecule has 2 nitrogen and oxygen atoms in total. The molecule has 17 heavy (non-hydrogen) atoms. The van der Waals surface area contributed by atoms with Gasteiger partial charge >= 0.3 is 6.18 Å². The molecule has 0 saturated heterocycles. The van der Waals surface area contributed by atoms with Gasteiger partial charge in [-0.15, -0.1) is 0 Å². The van der Waals surface area contributed by atoms with Gasteiger partial charge in [0.05, 0.1) is 10.6 Å². The minimum absolute atomic E-state index is 0.157. The van der Waals surface area contributed by atoms with Crippen LogP contribution in [0.5, 0.6) is 0 Å². The molecule has 0 amide bonds. The Labute approximate surface area is 110 Å². The van der Waals surface area contributed by atoms with Gasteiger partial charge in [-0.25, -0.2) is 8.42 Å². The van der Waals surface area contributed by atoms with Crippen molar-refractivity contribution in [3.8, 4) is 0 Å². The molecule has 0 fully saturated rings. The van der Waals surface area contributed by atoms with E-state index in [0.29, 0.717) is 0 Å². The number of benzene rings is 1. The van der Waals surface area contributed by atoms with Crippen LogP contribution < -0.4 is 0 Å². The topological polar surface area (TPSA) is 34.1 Å². The summed E-state index contributed by atoms with van der Waals surface area (Å²) in [4.78, 5) is -2.32. The lowest BCUT2D eigenvalue weighted by Crippen LogP contribution is -2.30. The second kappa shape index (κ2) is 5.16. The highest BCUT2D eigenvalue weighted by molar-refractivity contribution is 9.09. The van der Waals surface area contributed by atoms with Crippen molar-refractivity contribution < 1.29 is 21.6 Å². The van der Waals surface area contributed by atoms with E-state index in [-0.39, 0.29) is 9.92 Å². The predicted molar refractivity (Wildman–Crippen MR) is 62.3 cm³/mol. The fourth-order valence-electron chi connectivity index (χ4n) is 1.04. The number of sulfone groups is 1. The molecule has 0 bridgehead atoms. The van der Waals surface area contributed by atoms with Crippen LogP contribution in [0.1, 0.15) is 0 Å². The van der Waals surface area contributed by atoms with Crippen molar-refractivity contribution in [1.82, 2.24) is 0 Å². The predicted octanol–water partition coefficient (Wildman–Crippen LogP) is 3.44. The molecule has 0 aliphatic heterocycles. The zero-order valence-electron chi connectivity index (χ0n) is 8.21. The number of hydrogen-bond donors (Lipinski definition) is 0. The molecular weight excluding hydrogens is 345 g/mol. The zero-order chi connectivity index (χ0) is 13.3. The van der Waals surface area contributed by atoms with Crippen molar-refractivity contribution in [3.63, 3.8) is 0 Å². The van der Waals surface area contributed by atoms with Crippen LogP contribution in [-0.2, 0) is 9.84 Å². The Hall–Kier alpha value is -0.270. The molecular formula is C9H7BrClF3O2S. The van der Waals surface area contributed by atoms with Crippen molar-refractivity contribution >= 4 is 37.4 Å². The minimum Gasteiger partial charge on any atom is -0.224 e. The van der Waals surface area contributed by atoms with Crippen LogP contribution in [0.25, 0.3) is 0 Å². The summed E-state index contributed by atoms with van der Waals surface area (Å²) in [6.45, 7) is 0. The third-order valence-corrected chi connectivity index (χ3v) is 5.13. The monoisotopic (exact) mass is 350 g/mol. The van der Waals surface area contributed by atoms with E-state index in [0.717, 1.165) is 6.07 Å². The highest BCUT2D eigenvalue weighted by atomic mass is 79.9. The zero-order valence-corrected chi connectivity index (χ0v) is 11.4. The van der Waals surface area contributed by atoms with Crippen LogP contribution in [0, 0.1) is 0 Å². The number of alkyl halides is 4. The smallest absolute Gasteiger partial charge is 0.224 e. The summed E-state index contributed by atoms with van der Waals surface area (Å²) in [6, 6.07) is 5.13. The van der Waals surface area contributed by atoms with Gasteiger partial charge in [0.1, 0.15) is 4.83 Å². The molecule has 0 aliphatic carbocycles. The summed E-state index contributed by atoms with van der Waals surface area (Å²) in [6.07, 6.45) is -4.61. The molecule has 1 rings (SSSR count). The Morgan fingerprint density at radius 3 is 2.41 bits per heavy atom. The van der Waals surface area contributed by atoms with E-state index >= 15 is 0 Å². The summed E-state index contributed by atoms with van der Waals surface area (Å²) >= 11 is 7.89. The standard InChI is InChI=1S/C9H7BrClF3O2S/c10-8(9(12,13)14)5-17(15,16)7-3-1-2-6(11)4-7/h1-4,8H,5H2. The summed E-state index contributed by atoms with van der Waals surface area (Å²) in [5.41, 5.74) is 0. The van der Waals surface area contributed by atoms with Crippen LogP contribution >= 0.6 is 27.5 Å². The maximum atomic E-state index is 12.2. The average Bonchev–Trinajstić information content (AvgIpc) is 2.15. The van der Waals surface area contributed by atoms with Crippen molar-refractivity contribution in [1.29, 1.82) is 0 Å². The van der Waals surface area contributed by atoms with E-state index in [4.69, 9.17) is 11.6 Å². The van der Waals surface area contributed by atoms with Gasteiger partial charge in [-0.3, -0.25) is 0 Å². The van der Waals surface area contributed by atoms with Crippen LogP contribution in [0.15, 0.2) is 29.2 Å². The van der Waals surface area contributed by atoms with Crippen molar-refractivity contribution in [2.45, 2.75) is 15.9 Å². The molecule has 0 aliphatic rings. The third kappa shape index (κ3) is 4.15. The lowest BCUT2D eigenvalue weighted by Gasteiger charge is -2.14. The quantitative estimate of drug-likeness (QED) is 0.782. The lowest BCUT2D eigenvalue weighted by molar-refractivity contribution is -0.123. The fourth-order valence-corrected chi connectivity index (χ4v) is 3.70. The summed E-state index contributed by atoms with van der Waals surface area (Å²) in [5, 5.41) is 0.157. The van der Waals surface area contributed by atoms with Crippen LogP contribution in [0.3, 0.4) is 0 Å². The number of halogens is 5. The van der Waals surface area contributed by atoms with Gasteiger partial charge in [0, 0.05) is 5.02 Å². The molecule has 1 aromatic rings. The molecule has 0 N–H and O–H groups in total. The van der Waals surface area contributed by atoms with Gasteiger partial charge in [0.2, 0.25) is 0 Å². The Bertz CT molecular complexity index is 501. The first-order valence-electron chi connectivity index (χ1n) is 4.32. The Morgan fingerprint density at radius 2 is 1.94 bits per heavy atom. The molecule has 0 radical (unpaired) electrons. The van der Waals surface area contributed by atoms with Gasteiger partial charge in [-0.05, 0) is 18.2 Å². The minimum atomic E-state index is -4.61. The Morgan fingerprint density at radius 1 is 1.35 bits per heavy atom. The first-order chi connectivity index (χ1) is 7.63. The second-order valence-corrected chi connectivity index (χ2v) is 6.82.